The zero-order chi connectivity index (χ0) is 10.6. The molecule has 15 heavy (non-hydrogen) atoms. The number of carbonyl (C=O) groups is 1. The van der Waals surface area contributed by atoms with E-state index in [1.54, 1.807) is 0 Å². The maximum absolute atomic E-state index is 11.1. The molecular weight excluding hydrogens is 232 g/mol. The number of nitrogens with one attached hydrogen (secondary N) is 1. The number of hydrogen-bond acceptors (Lipinski definition) is 3. The molecule has 5 heteroatoms. The molecule has 0 atom stereocenters. The fourth-order valence-electron chi connectivity index (χ4n) is 1.39. The van der Waals surface area contributed by atoms with E-state index in [4.69, 9.17) is 5.73 Å². The summed E-state index contributed by atoms with van der Waals surface area (Å²) in [6.07, 6.45) is 2.42. The van der Waals surface area contributed by atoms with Crippen molar-refractivity contribution >= 4 is 30.1 Å². The van der Waals surface area contributed by atoms with Gasteiger partial charge in [0.25, 0.3) is 0 Å². The third kappa shape index (κ3) is 5.09. The standard InChI is InChI=1S/C10H20N2OS.ClH/c1-10(2,9(11)13)7-12-8-3-5-14-6-4-8;/h8,12H,3-7H2,1-2H3,(H2,11,13);1H. The molecule has 0 saturated carbocycles. The number of nitrogens with two attached hydrogens (primary N) is 1. The largest absolute Gasteiger partial charge is 0.369 e. The minimum atomic E-state index is -0.426. The highest BCUT2D eigenvalue weighted by atomic mass is 35.5. The van der Waals surface area contributed by atoms with Crippen molar-refractivity contribution in [2.24, 2.45) is 11.1 Å². The molecule has 0 aliphatic carbocycles. The Morgan fingerprint density at radius 3 is 2.47 bits per heavy atom. The van der Waals surface area contributed by atoms with Gasteiger partial charge in [0.05, 0.1) is 5.41 Å². The van der Waals surface area contributed by atoms with E-state index >= 15 is 0 Å². The number of hydrogen-bond donors (Lipinski definition) is 2. The van der Waals surface area contributed by atoms with Gasteiger partial charge in [0.1, 0.15) is 0 Å². The van der Waals surface area contributed by atoms with Gasteiger partial charge in [0, 0.05) is 12.6 Å². The van der Waals surface area contributed by atoms with Crippen LogP contribution in [-0.2, 0) is 4.79 Å². The van der Waals surface area contributed by atoms with Gasteiger partial charge in [-0.2, -0.15) is 11.8 Å². The van der Waals surface area contributed by atoms with Gasteiger partial charge in [-0.25, -0.2) is 0 Å². The summed E-state index contributed by atoms with van der Waals surface area (Å²) in [6, 6.07) is 0.579. The summed E-state index contributed by atoms with van der Waals surface area (Å²) in [5, 5.41) is 3.43. The molecule has 0 spiro atoms. The minimum Gasteiger partial charge on any atom is -0.369 e. The second-order valence-electron chi connectivity index (χ2n) is 4.52. The number of primary amides is 1. The average Bonchev–Trinajstić information content (AvgIpc) is 2.16. The van der Waals surface area contributed by atoms with Gasteiger partial charge in [-0.1, -0.05) is 0 Å². The molecular formula is C10H21ClN2OS. The number of carbonyl (C=O) groups excluding carboxylic acids is 1. The summed E-state index contributed by atoms with van der Waals surface area (Å²) in [6.45, 7) is 4.47. The van der Waals surface area contributed by atoms with Crippen molar-refractivity contribution in [3.8, 4) is 0 Å². The first-order valence-corrected chi connectivity index (χ1v) is 6.29. The van der Waals surface area contributed by atoms with Gasteiger partial charge in [-0.05, 0) is 38.2 Å². The third-order valence-corrected chi connectivity index (χ3v) is 3.77. The molecule has 1 fully saturated rings. The smallest absolute Gasteiger partial charge is 0.224 e. The molecule has 0 aromatic carbocycles. The molecule has 0 aromatic rings. The van der Waals surface area contributed by atoms with E-state index in [1.165, 1.54) is 24.3 Å². The van der Waals surface area contributed by atoms with Crippen LogP contribution >= 0.6 is 24.2 Å². The topological polar surface area (TPSA) is 55.1 Å². The van der Waals surface area contributed by atoms with Crippen LogP contribution in [0.25, 0.3) is 0 Å². The Morgan fingerprint density at radius 2 is 2.00 bits per heavy atom. The molecule has 3 N–H and O–H groups in total. The Kier molecular flexibility index (Phi) is 6.64. The van der Waals surface area contributed by atoms with E-state index in [9.17, 15) is 4.79 Å². The Hall–Kier alpha value is 0.0700. The lowest BCUT2D eigenvalue weighted by molar-refractivity contribution is -0.125. The molecule has 0 aromatic heterocycles. The molecule has 0 unspecified atom stereocenters. The summed E-state index contributed by atoms with van der Waals surface area (Å²) in [5.41, 5.74) is 4.88. The van der Waals surface area contributed by atoms with Crippen LogP contribution in [-0.4, -0.2) is 30.0 Å². The van der Waals surface area contributed by atoms with E-state index in [0.29, 0.717) is 12.6 Å². The highest BCUT2D eigenvalue weighted by Gasteiger charge is 2.26. The maximum atomic E-state index is 11.1. The first-order valence-electron chi connectivity index (χ1n) is 5.13. The van der Waals surface area contributed by atoms with Crippen molar-refractivity contribution in [2.75, 3.05) is 18.1 Å². The fourth-order valence-corrected chi connectivity index (χ4v) is 2.49. The number of thioether (sulfide) groups is 1. The predicted molar refractivity (Wildman–Crippen MR) is 68.6 cm³/mol. The average molecular weight is 253 g/mol. The second kappa shape index (κ2) is 6.61. The van der Waals surface area contributed by atoms with Crippen LogP contribution in [0.5, 0.6) is 0 Å². The summed E-state index contributed by atoms with van der Waals surface area (Å²) in [7, 11) is 0. The van der Waals surface area contributed by atoms with Crippen molar-refractivity contribution in [2.45, 2.75) is 32.7 Å². The van der Waals surface area contributed by atoms with Crippen LogP contribution in [0.1, 0.15) is 26.7 Å². The molecule has 1 amide bonds. The quantitative estimate of drug-likeness (QED) is 0.796. The van der Waals surface area contributed by atoms with Gasteiger partial charge in [-0.3, -0.25) is 4.79 Å². The Labute approximate surface area is 102 Å². The molecule has 0 radical (unpaired) electrons. The van der Waals surface area contributed by atoms with Crippen LogP contribution < -0.4 is 11.1 Å². The van der Waals surface area contributed by atoms with Crippen molar-refractivity contribution < 1.29 is 4.79 Å². The summed E-state index contributed by atoms with van der Waals surface area (Å²) < 4.78 is 0. The molecule has 1 aliphatic heterocycles. The third-order valence-electron chi connectivity index (χ3n) is 2.72. The van der Waals surface area contributed by atoms with E-state index in [-0.39, 0.29) is 18.3 Å². The SMILES string of the molecule is CC(C)(CNC1CCSCC1)C(N)=O.Cl. The zero-order valence-electron chi connectivity index (χ0n) is 9.41. The lowest BCUT2D eigenvalue weighted by atomic mass is 9.92. The second-order valence-corrected chi connectivity index (χ2v) is 5.74. The molecule has 1 rings (SSSR count). The number of halogens is 1. The highest BCUT2D eigenvalue weighted by molar-refractivity contribution is 7.99. The van der Waals surface area contributed by atoms with Crippen LogP contribution in [0, 0.1) is 5.41 Å². The lowest BCUT2D eigenvalue weighted by Crippen LogP contribution is -2.44. The lowest BCUT2D eigenvalue weighted by Gasteiger charge is -2.27. The van der Waals surface area contributed by atoms with Crippen LogP contribution in [0.3, 0.4) is 0 Å². The summed E-state index contributed by atoms with van der Waals surface area (Å²) in [5.74, 6) is 2.23. The molecule has 1 aliphatic rings. The monoisotopic (exact) mass is 252 g/mol. The normalized spacial score (nSPS) is 18.3. The highest BCUT2D eigenvalue weighted by Crippen LogP contribution is 2.19. The Morgan fingerprint density at radius 1 is 1.47 bits per heavy atom. The zero-order valence-corrected chi connectivity index (χ0v) is 11.0. The molecule has 90 valence electrons. The first-order chi connectivity index (χ1) is 6.52. The van der Waals surface area contributed by atoms with Crippen LogP contribution in [0.15, 0.2) is 0 Å². The van der Waals surface area contributed by atoms with E-state index in [2.05, 4.69) is 5.32 Å². The van der Waals surface area contributed by atoms with Crippen LogP contribution in [0.2, 0.25) is 0 Å². The molecule has 3 nitrogen and oxygen atoms in total. The number of rotatable bonds is 4. The van der Waals surface area contributed by atoms with Gasteiger partial charge >= 0.3 is 0 Å². The molecule has 0 bridgehead atoms. The van der Waals surface area contributed by atoms with E-state index in [1.807, 2.05) is 25.6 Å². The predicted octanol–water partition coefficient (Wildman–Crippen LogP) is 1.40. The van der Waals surface area contributed by atoms with Gasteiger partial charge in [0.15, 0.2) is 0 Å². The van der Waals surface area contributed by atoms with Gasteiger partial charge in [0.2, 0.25) is 5.91 Å². The van der Waals surface area contributed by atoms with E-state index in [0.717, 1.165) is 0 Å². The maximum Gasteiger partial charge on any atom is 0.224 e. The van der Waals surface area contributed by atoms with Crippen molar-refractivity contribution in [1.82, 2.24) is 5.32 Å². The summed E-state index contributed by atoms with van der Waals surface area (Å²) in [4.78, 5) is 11.1. The minimum absolute atomic E-state index is 0. The van der Waals surface area contributed by atoms with Crippen LogP contribution in [0.4, 0.5) is 0 Å². The van der Waals surface area contributed by atoms with Gasteiger partial charge < -0.3 is 11.1 Å². The van der Waals surface area contributed by atoms with Crippen molar-refractivity contribution in [3.63, 3.8) is 0 Å². The van der Waals surface area contributed by atoms with Crippen molar-refractivity contribution in [3.05, 3.63) is 0 Å². The molecule has 1 heterocycles. The van der Waals surface area contributed by atoms with Gasteiger partial charge in [-0.15, -0.1) is 12.4 Å². The molecule has 1 saturated heterocycles. The Balaban J connectivity index is 0.00000196. The van der Waals surface area contributed by atoms with E-state index < -0.39 is 5.41 Å². The summed E-state index contributed by atoms with van der Waals surface area (Å²) >= 11 is 2.01. The van der Waals surface area contributed by atoms with Crippen molar-refractivity contribution in [1.29, 1.82) is 0 Å². The fraction of sp³-hybridized carbons (Fsp3) is 0.900. The number of amides is 1. The Bertz CT molecular complexity index is 206. The first kappa shape index (κ1) is 15.1.